The average molecular weight is 268 g/mol. The maximum atomic E-state index is 12.7. The molecule has 2 aliphatic heterocycles. The molecule has 0 saturated carbocycles. The molecule has 3 atom stereocenters. The summed E-state index contributed by atoms with van der Waals surface area (Å²) in [5, 5.41) is 3.43. The highest BCUT2D eigenvalue weighted by molar-refractivity contribution is 5.81. The summed E-state index contributed by atoms with van der Waals surface area (Å²) in [5.41, 5.74) is 0. The zero-order chi connectivity index (χ0) is 13.8. The number of amides is 1. The molecule has 2 heterocycles. The largest absolute Gasteiger partial charge is 0.368 e. The van der Waals surface area contributed by atoms with Crippen molar-refractivity contribution >= 4 is 5.91 Å². The van der Waals surface area contributed by atoms with Gasteiger partial charge in [0.25, 0.3) is 5.91 Å². The third kappa shape index (κ3) is 3.69. The van der Waals surface area contributed by atoms with Crippen molar-refractivity contribution in [1.82, 2.24) is 10.2 Å². The molecule has 4 heteroatoms. The molecule has 0 aromatic rings. The van der Waals surface area contributed by atoms with Gasteiger partial charge in [-0.05, 0) is 58.0 Å². The summed E-state index contributed by atoms with van der Waals surface area (Å²) in [7, 11) is 0. The second-order valence-electron chi connectivity index (χ2n) is 6.35. The monoisotopic (exact) mass is 268 g/mol. The summed E-state index contributed by atoms with van der Waals surface area (Å²) in [6.07, 6.45) is 3.25. The molecule has 3 unspecified atom stereocenters. The highest BCUT2D eigenvalue weighted by atomic mass is 16.5. The van der Waals surface area contributed by atoms with Crippen LogP contribution in [0.4, 0.5) is 0 Å². The highest BCUT2D eigenvalue weighted by Crippen LogP contribution is 2.24. The zero-order valence-electron chi connectivity index (χ0n) is 12.5. The quantitative estimate of drug-likeness (QED) is 0.843. The van der Waals surface area contributed by atoms with Crippen LogP contribution < -0.4 is 5.32 Å². The van der Waals surface area contributed by atoms with Gasteiger partial charge in [-0.1, -0.05) is 6.92 Å². The van der Waals surface area contributed by atoms with Gasteiger partial charge in [0.05, 0.1) is 0 Å². The van der Waals surface area contributed by atoms with Crippen molar-refractivity contribution in [3.63, 3.8) is 0 Å². The molecule has 110 valence electrons. The van der Waals surface area contributed by atoms with Gasteiger partial charge in [-0.2, -0.15) is 0 Å². The lowest BCUT2D eigenvalue weighted by atomic mass is 9.97. The SMILES string of the molecule is CC1CCOC1C(=O)N(CC1CCCNC1)C(C)C. The first-order valence-electron chi connectivity index (χ1n) is 7.72. The van der Waals surface area contributed by atoms with E-state index in [-0.39, 0.29) is 18.1 Å². The fourth-order valence-corrected chi connectivity index (χ4v) is 3.09. The fraction of sp³-hybridized carbons (Fsp3) is 0.933. The van der Waals surface area contributed by atoms with Crippen LogP contribution in [0.25, 0.3) is 0 Å². The summed E-state index contributed by atoms with van der Waals surface area (Å²) in [6.45, 7) is 10.1. The van der Waals surface area contributed by atoms with E-state index in [0.29, 0.717) is 11.8 Å². The lowest BCUT2D eigenvalue weighted by Gasteiger charge is -2.34. The van der Waals surface area contributed by atoms with Gasteiger partial charge in [-0.15, -0.1) is 0 Å². The van der Waals surface area contributed by atoms with Gasteiger partial charge in [-0.25, -0.2) is 0 Å². The Morgan fingerprint density at radius 2 is 2.21 bits per heavy atom. The Morgan fingerprint density at radius 1 is 1.42 bits per heavy atom. The number of ether oxygens (including phenoxy) is 1. The van der Waals surface area contributed by atoms with E-state index in [0.717, 1.165) is 32.7 Å². The number of nitrogens with zero attached hydrogens (tertiary/aromatic N) is 1. The van der Waals surface area contributed by atoms with Gasteiger partial charge >= 0.3 is 0 Å². The molecule has 19 heavy (non-hydrogen) atoms. The van der Waals surface area contributed by atoms with Crippen LogP contribution >= 0.6 is 0 Å². The van der Waals surface area contributed by atoms with Crippen molar-refractivity contribution in [1.29, 1.82) is 0 Å². The van der Waals surface area contributed by atoms with Crippen molar-refractivity contribution in [2.24, 2.45) is 11.8 Å². The Labute approximate surface area is 116 Å². The second-order valence-corrected chi connectivity index (χ2v) is 6.35. The van der Waals surface area contributed by atoms with E-state index in [1.54, 1.807) is 0 Å². The van der Waals surface area contributed by atoms with E-state index in [1.807, 2.05) is 4.90 Å². The highest BCUT2D eigenvalue weighted by Gasteiger charge is 2.35. The molecule has 2 saturated heterocycles. The number of hydrogen-bond acceptors (Lipinski definition) is 3. The van der Waals surface area contributed by atoms with Crippen molar-refractivity contribution < 1.29 is 9.53 Å². The van der Waals surface area contributed by atoms with E-state index in [1.165, 1.54) is 12.8 Å². The minimum absolute atomic E-state index is 0.200. The number of piperidine rings is 1. The van der Waals surface area contributed by atoms with Crippen molar-refractivity contribution in [2.75, 3.05) is 26.2 Å². The number of nitrogens with one attached hydrogen (secondary N) is 1. The first-order valence-corrected chi connectivity index (χ1v) is 7.72. The molecule has 1 N–H and O–H groups in total. The van der Waals surface area contributed by atoms with E-state index < -0.39 is 0 Å². The van der Waals surface area contributed by atoms with Gasteiger partial charge in [0.2, 0.25) is 0 Å². The molecule has 1 amide bonds. The van der Waals surface area contributed by atoms with Crippen molar-refractivity contribution in [3.8, 4) is 0 Å². The fourth-order valence-electron chi connectivity index (χ4n) is 3.09. The molecule has 2 fully saturated rings. The molecule has 0 bridgehead atoms. The van der Waals surface area contributed by atoms with E-state index in [2.05, 4.69) is 26.1 Å². The van der Waals surface area contributed by atoms with Gasteiger partial charge < -0.3 is 15.0 Å². The van der Waals surface area contributed by atoms with E-state index in [9.17, 15) is 4.79 Å². The predicted octanol–water partition coefficient (Wildman–Crippen LogP) is 1.65. The summed E-state index contributed by atoms with van der Waals surface area (Å²) < 4.78 is 5.64. The molecule has 0 aliphatic carbocycles. The van der Waals surface area contributed by atoms with Gasteiger partial charge in [0, 0.05) is 19.2 Å². The summed E-state index contributed by atoms with van der Waals surface area (Å²) >= 11 is 0. The summed E-state index contributed by atoms with van der Waals surface area (Å²) in [5.74, 6) is 1.15. The van der Waals surface area contributed by atoms with Crippen LogP contribution in [-0.4, -0.2) is 49.2 Å². The Kier molecular flexibility index (Phi) is 5.22. The van der Waals surface area contributed by atoms with Crippen LogP contribution in [0.5, 0.6) is 0 Å². The maximum Gasteiger partial charge on any atom is 0.252 e. The molecular formula is C15H28N2O2. The standard InChI is InChI=1S/C15H28N2O2/c1-11(2)17(10-13-5-4-7-16-9-13)15(18)14-12(3)6-8-19-14/h11-14,16H,4-10H2,1-3H3. The molecule has 2 aliphatic rings. The molecular weight excluding hydrogens is 240 g/mol. The normalized spacial score (nSPS) is 31.7. The zero-order valence-corrected chi connectivity index (χ0v) is 12.5. The second kappa shape index (κ2) is 6.71. The third-order valence-corrected chi connectivity index (χ3v) is 4.39. The van der Waals surface area contributed by atoms with Gasteiger partial charge in [0.1, 0.15) is 6.10 Å². The molecule has 0 spiro atoms. The molecule has 0 radical (unpaired) electrons. The van der Waals surface area contributed by atoms with E-state index in [4.69, 9.17) is 4.74 Å². The molecule has 0 aromatic carbocycles. The molecule has 4 nitrogen and oxygen atoms in total. The number of carbonyl (C=O) groups excluding carboxylic acids is 1. The average Bonchev–Trinajstić information content (AvgIpc) is 2.82. The Hall–Kier alpha value is -0.610. The van der Waals surface area contributed by atoms with Crippen LogP contribution in [0.15, 0.2) is 0 Å². The van der Waals surface area contributed by atoms with Crippen LogP contribution in [0.3, 0.4) is 0 Å². The Bertz CT molecular complexity index is 301. The Balaban J connectivity index is 1.96. The van der Waals surface area contributed by atoms with E-state index >= 15 is 0 Å². The summed E-state index contributed by atoms with van der Waals surface area (Å²) in [4.78, 5) is 14.7. The van der Waals surface area contributed by atoms with Gasteiger partial charge in [-0.3, -0.25) is 4.79 Å². The number of rotatable bonds is 4. The molecule has 2 rings (SSSR count). The van der Waals surface area contributed by atoms with Gasteiger partial charge in [0.15, 0.2) is 0 Å². The van der Waals surface area contributed by atoms with Crippen LogP contribution in [0.2, 0.25) is 0 Å². The minimum Gasteiger partial charge on any atom is -0.368 e. The van der Waals surface area contributed by atoms with Crippen LogP contribution in [0.1, 0.15) is 40.0 Å². The lowest BCUT2D eigenvalue weighted by Crippen LogP contribution is -2.49. The minimum atomic E-state index is -0.209. The number of carbonyl (C=O) groups is 1. The maximum absolute atomic E-state index is 12.7. The first kappa shape index (κ1) is 14.8. The number of hydrogen-bond donors (Lipinski definition) is 1. The Morgan fingerprint density at radius 3 is 2.74 bits per heavy atom. The first-order chi connectivity index (χ1) is 9.09. The molecule has 0 aromatic heterocycles. The van der Waals surface area contributed by atoms with Crippen LogP contribution in [-0.2, 0) is 9.53 Å². The smallest absolute Gasteiger partial charge is 0.252 e. The predicted molar refractivity (Wildman–Crippen MR) is 76.0 cm³/mol. The van der Waals surface area contributed by atoms with Crippen LogP contribution in [0, 0.1) is 11.8 Å². The lowest BCUT2D eigenvalue weighted by molar-refractivity contribution is -0.145. The topological polar surface area (TPSA) is 41.6 Å². The summed E-state index contributed by atoms with van der Waals surface area (Å²) in [6, 6.07) is 0.255. The third-order valence-electron chi connectivity index (χ3n) is 4.39. The van der Waals surface area contributed by atoms with Crippen molar-refractivity contribution in [3.05, 3.63) is 0 Å². The van der Waals surface area contributed by atoms with Crippen molar-refractivity contribution in [2.45, 2.75) is 52.2 Å².